The summed E-state index contributed by atoms with van der Waals surface area (Å²) < 4.78 is 4.96. The van der Waals surface area contributed by atoms with Crippen LogP contribution in [0.1, 0.15) is 6.42 Å². The third kappa shape index (κ3) is 0.584. The van der Waals surface area contributed by atoms with Crippen LogP contribution in [0.3, 0.4) is 0 Å². The summed E-state index contributed by atoms with van der Waals surface area (Å²) in [4.78, 5) is 10.8. The van der Waals surface area contributed by atoms with Gasteiger partial charge in [0.1, 0.15) is 18.3 Å². The van der Waals surface area contributed by atoms with Crippen molar-refractivity contribution in [2.75, 3.05) is 0 Å². The van der Waals surface area contributed by atoms with Gasteiger partial charge in [-0.3, -0.25) is 4.79 Å². The molecule has 0 aliphatic carbocycles. The van der Waals surface area contributed by atoms with Crippen molar-refractivity contribution in [1.82, 2.24) is 0 Å². The highest BCUT2D eigenvalue weighted by Gasteiger charge is 2.52. The summed E-state index contributed by atoms with van der Waals surface area (Å²) in [5.41, 5.74) is 0. The van der Waals surface area contributed by atoms with Gasteiger partial charge in [-0.25, -0.2) is 0 Å². The molecule has 0 aromatic carbocycles. The predicted molar refractivity (Wildman–Crippen MR) is 30.3 cm³/mol. The molecule has 56 valence electrons. The predicted octanol–water partition coefficient (Wildman–Crippen LogP) is -1.55. The average molecular weight is 144 g/mol. The molecule has 0 unspecified atom stereocenters. The van der Waals surface area contributed by atoms with Gasteiger partial charge in [0.05, 0.1) is 6.10 Å². The number of carbonyl (C=O) groups excluding carboxylic acids is 1. The van der Waals surface area contributed by atoms with Crippen molar-refractivity contribution in [2.24, 2.45) is 0 Å². The van der Waals surface area contributed by atoms with E-state index in [1.165, 1.54) is 0 Å². The molecule has 10 heavy (non-hydrogen) atoms. The minimum absolute atomic E-state index is 0.0946. The van der Waals surface area contributed by atoms with Gasteiger partial charge in [-0.05, 0) is 0 Å². The van der Waals surface area contributed by atoms with Gasteiger partial charge in [0.15, 0.2) is 5.78 Å². The minimum atomic E-state index is -0.994. The van der Waals surface area contributed by atoms with Crippen LogP contribution in [-0.4, -0.2) is 40.4 Å². The zero-order chi connectivity index (χ0) is 7.30. The van der Waals surface area contributed by atoms with Gasteiger partial charge in [-0.15, -0.1) is 0 Å². The molecule has 0 saturated carbocycles. The molecule has 0 aromatic heterocycles. The summed E-state index contributed by atoms with van der Waals surface area (Å²) in [6.45, 7) is 0. The van der Waals surface area contributed by atoms with Gasteiger partial charge in [0, 0.05) is 6.42 Å². The van der Waals surface area contributed by atoms with Crippen molar-refractivity contribution in [1.29, 1.82) is 0 Å². The third-order valence-electron chi connectivity index (χ3n) is 2.08. The van der Waals surface area contributed by atoms with Crippen molar-refractivity contribution in [3.8, 4) is 0 Å². The van der Waals surface area contributed by atoms with Crippen LogP contribution in [0.25, 0.3) is 0 Å². The Morgan fingerprint density at radius 1 is 1.40 bits per heavy atom. The SMILES string of the molecule is O=C1C[C@@H]2O[C@H]1[C@@H](O)[C@H]2O. The maximum Gasteiger partial charge on any atom is 0.167 e. The molecule has 2 aliphatic rings. The van der Waals surface area contributed by atoms with Gasteiger partial charge in [0.25, 0.3) is 0 Å². The monoisotopic (exact) mass is 144 g/mol. The first-order valence-corrected chi connectivity index (χ1v) is 3.24. The van der Waals surface area contributed by atoms with Gasteiger partial charge in [-0.1, -0.05) is 0 Å². The highest BCUT2D eigenvalue weighted by atomic mass is 16.6. The second kappa shape index (κ2) is 1.78. The molecule has 2 fully saturated rings. The van der Waals surface area contributed by atoms with Crippen LogP contribution in [0.4, 0.5) is 0 Å². The van der Waals surface area contributed by atoms with Gasteiger partial charge in [-0.2, -0.15) is 0 Å². The highest BCUT2D eigenvalue weighted by Crippen LogP contribution is 2.31. The van der Waals surface area contributed by atoms with Gasteiger partial charge < -0.3 is 14.9 Å². The Balaban J connectivity index is 2.24. The first-order valence-electron chi connectivity index (χ1n) is 3.24. The largest absolute Gasteiger partial charge is 0.388 e. The molecule has 2 heterocycles. The van der Waals surface area contributed by atoms with E-state index < -0.39 is 24.4 Å². The molecule has 2 rings (SSSR count). The van der Waals surface area contributed by atoms with Crippen LogP contribution < -0.4 is 0 Å². The molecule has 0 amide bonds. The average Bonchev–Trinajstić information content (AvgIpc) is 2.36. The van der Waals surface area contributed by atoms with E-state index in [1.54, 1.807) is 0 Å². The molecule has 0 aromatic rings. The molecule has 0 radical (unpaired) electrons. The Kier molecular flexibility index (Phi) is 1.12. The van der Waals surface area contributed by atoms with Gasteiger partial charge >= 0.3 is 0 Å². The zero-order valence-electron chi connectivity index (χ0n) is 5.23. The van der Waals surface area contributed by atoms with E-state index in [4.69, 9.17) is 14.9 Å². The van der Waals surface area contributed by atoms with Crippen LogP contribution in [0, 0.1) is 0 Å². The maximum atomic E-state index is 10.8. The van der Waals surface area contributed by atoms with Gasteiger partial charge in [0.2, 0.25) is 0 Å². The lowest BCUT2D eigenvalue weighted by Crippen LogP contribution is -2.41. The summed E-state index contributed by atoms with van der Waals surface area (Å²) >= 11 is 0. The summed E-state index contributed by atoms with van der Waals surface area (Å²) in [7, 11) is 0. The fraction of sp³-hybridized carbons (Fsp3) is 0.833. The lowest BCUT2D eigenvalue weighted by atomic mass is 9.94. The topological polar surface area (TPSA) is 66.8 Å². The summed E-state index contributed by atoms with van der Waals surface area (Å²) in [5.74, 6) is -0.0946. The summed E-state index contributed by atoms with van der Waals surface area (Å²) in [5, 5.41) is 18.1. The molecule has 2 saturated heterocycles. The quantitative estimate of drug-likeness (QED) is 0.432. The fourth-order valence-corrected chi connectivity index (χ4v) is 1.50. The Hall–Kier alpha value is -0.450. The van der Waals surface area contributed by atoms with Crippen molar-refractivity contribution in [2.45, 2.75) is 30.8 Å². The highest BCUT2D eigenvalue weighted by molar-refractivity contribution is 5.87. The maximum absolute atomic E-state index is 10.8. The van der Waals surface area contributed by atoms with Crippen molar-refractivity contribution >= 4 is 5.78 Å². The van der Waals surface area contributed by atoms with Crippen LogP contribution >= 0.6 is 0 Å². The van der Waals surface area contributed by atoms with Crippen LogP contribution in [-0.2, 0) is 9.53 Å². The van der Waals surface area contributed by atoms with E-state index in [0.29, 0.717) is 0 Å². The number of aliphatic hydroxyl groups excluding tert-OH is 2. The number of ketones is 1. The number of hydrogen-bond acceptors (Lipinski definition) is 4. The number of Topliss-reactive ketones (excluding diaryl/α,β-unsaturated/α-hetero) is 1. The smallest absolute Gasteiger partial charge is 0.167 e. The van der Waals surface area contributed by atoms with E-state index in [0.717, 1.165) is 0 Å². The van der Waals surface area contributed by atoms with E-state index in [9.17, 15) is 4.79 Å². The number of hydrogen-bond donors (Lipinski definition) is 2. The molecule has 4 atom stereocenters. The second-order valence-corrected chi connectivity index (χ2v) is 2.75. The van der Waals surface area contributed by atoms with Crippen LogP contribution in [0.5, 0.6) is 0 Å². The van der Waals surface area contributed by atoms with Crippen LogP contribution in [0.2, 0.25) is 0 Å². The minimum Gasteiger partial charge on any atom is -0.388 e. The normalized spacial score (nSPS) is 52.4. The standard InChI is InChI=1S/C6H8O4/c7-2-1-3-4(8)5(9)6(2)10-3/h3-6,8-9H,1H2/t3-,4-,5-,6+/m0/s1. The zero-order valence-corrected chi connectivity index (χ0v) is 5.23. The first-order chi connectivity index (χ1) is 4.70. The molecule has 2 bridgehead atoms. The molecular formula is C6H8O4. The molecule has 4 heteroatoms. The van der Waals surface area contributed by atoms with E-state index in [1.807, 2.05) is 0 Å². The van der Waals surface area contributed by atoms with E-state index >= 15 is 0 Å². The number of ether oxygens (including phenoxy) is 1. The molecule has 2 N–H and O–H groups in total. The summed E-state index contributed by atoms with van der Waals surface area (Å²) in [6, 6.07) is 0. The van der Waals surface area contributed by atoms with Crippen LogP contribution in [0.15, 0.2) is 0 Å². The number of rotatable bonds is 0. The summed E-state index contributed by atoms with van der Waals surface area (Å²) in [6.07, 6.45) is -2.80. The Labute approximate surface area is 57.4 Å². The lowest BCUT2D eigenvalue weighted by Gasteiger charge is -2.16. The lowest BCUT2D eigenvalue weighted by molar-refractivity contribution is -0.127. The molecular weight excluding hydrogens is 136 g/mol. The van der Waals surface area contributed by atoms with Crippen molar-refractivity contribution < 1.29 is 19.7 Å². The second-order valence-electron chi connectivity index (χ2n) is 2.75. The Bertz CT molecular complexity index is 177. The molecule has 4 nitrogen and oxygen atoms in total. The Morgan fingerprint density at radius 3 is 2.50 bits per heavy atom. The third-order valence-corrected chi connectivity index (χ3v) is 2.08. The van der Waals surface area contributed by atoms with Crippen molar-refractivity contribution in [3.63, 3.8) is 0 Å². The van der Waals surface area contributed by atoms with E-state index in [2.05, 4.69) is 0 Å². The first kappa shape index (κ1) is 6.27. The number of aliphatic hydroxyl groups is 2. The molecule has 2 aliphatic heterocycles. The number of carbonyl (C=O) groups is 1. The van der Waals surface area contributed by atoms with E-state index in [-0.39, 0.29) is 12.2 Å². The Morgan fingerprint density at radius 2 is 2.10 bits per heavy atom. The molecule has 0 spiro atoms. The number of fused-ring (bicyclic) bond motifs is 2. The van der Waals surface area contributed by atoms with Crippen molar-refractivity contribution in [3.05, 3.63) is 0 Å². The fourth-order valence-electron chi connectivity index (χ4n) is 1.50.